The fraction of sp³-hybridized carbons (Fsp3) is 0.615. The van der Waals surface area contributed by atoms with Gasteiger partial charge in [-0.3, -0.25) is 4.79 Å². The summed E-state index contributed by atoms with van der Waals surface area (Å²) in [6.45, 7) is 6.99. The van der Waals surface area contributed by atoms with Gasteiger partial charge in [0.2, 0.25) is 0 Å². The van der Waals surface area contributed by atoms with E-state index in [9.17, 15) is 0 Å². The van der Waals surface area contributed by atoms with E-state index >= 15 is 0 Å². The number of aliphatic carboxylic acids is 1. The topological polar surface area (TPSA) is 57.5 Å². The standard InChI is InChI=1S/C11H18O.C2H4O2/c1-4-6-7-8-9-10(3)11(12)5-2;1-2(3)4/h2,11-12H,3-4,6-9H2,1H3;1H3,(H,3,4). The minimum atomic E-state index is -0.833. The van der Waals surface area contributed by atoms with Gasteiger partial charge < -0.3 is 10.2 Å². The molecule has 0 saturated heterocycles. The zero-order chi connectivity index (χ0) is 13.0. The molecular weight excluding hydrogens is 204 g/mol. The molecule has 0 aliphatic rings. The molecule has 0 radical (unpaired) electrons. The monoisotopic (exact) mass is 226 g/mol. The highest BCUT2D eigenvalue weighted by Crippen LogP contribution is 2.11. The molecule has 0 saturated carbocycles. The van der Waals surface area contributed by atoms with E-state index < -0.39 is 12.1 Å². The summed E-state index contributed by atoms with van der Waals surface area (Å²) in [5.41, 5.74) is 0.772. The smallest absolute Gasteiger partial charge is 0.300 e. The van der Waals surface area contributed by atoms with Gasteiger partial charge in [0.1, 0.15) is 6.10 Å². The van der Waals surface area contributed by atoms with Crippen LogP contribution in [0.1, 0.15) is 46.0 Å². The lowest BCUT2D eigenvalue weighted by Crippen LogP contribution is -2.05. The Morgan fingerprint density at radius 3 is 2.31 bits per heavy atom. The second kappa shape index (κ2) is 11.8. The number of carboxylic acids is 1. The Balaban J connectivity index is 0. The number of hydrogen-bond acceptors (Lipinski definition) is 2. The molecule has 1 atom stereocenters. The molecule has 0 spiro atoms. The predicted molar refractivity (Wildman–Crippen MR) is 66.0 cm³/mol. The minimum Gasteiger partial charge on any atom is -0.481 e. The average Bonchev–Trinajstić information content (AvgIpc) is 2.22. The van der Waals surface area contributed by atoms with Crippen LogP contribution in [-0.2, 0) is 4.79 Å². The van der Waals surface area contributed by atoms with Crippen LogP contribution >= 0.6 is 0 Å². The lowest BCUT2D eigenvalue weighted by molar-refractivity contribution is -0.134. The molecule has 0 heterocycles. The Kier molecular flexibility index (Phi) is 12.6. The third-order valence-corrected chi connectivity index (χ3v) is 1.90. The number of aliphatic hydroxyl groups is 1. The van der Waals surface area contributed by atoms with E-state index in [4.69, 9.17) is 21.4 Å². The highest BCUT2D eigenvalue weighted by Gasteiger charge is 2.02. The quantitative estimate of drug-likeness (QED) is 0.416. The second-order valence-corrected chi connectivity index (χ2v) is 3.56. The van der Waals surface area contributed by atoms with Crippen molar-refractivity contribution in [1.29, 1.82) is 0 Å². The number of hydrogen-bond donors (Lipinski definition) is 2. The third kappa shape index (κ3) is 15.2. The van der Waals surface area contributed by atoms with E-state index in [0.29, 0.717) is 0 Å². The Labute approximate surface area is 98.2 Å². The molecule has 16 heavy (non-hydrogen) atoms. The molecule has 0 aromatic heterocycles. The molecular formula is C13H22O3. The predicted octanol–water partition coefficient (Wildman–Crippen LogP) is 2.60. The molecule has 3 nitrogen and oxygen atoms in total. The van der Waals surface area contributed by atoms with Crippen LogP contribution in [0.15, 0.2) is 12.2 Å². The van der Waals surface area contributed by atoms with Gasteiger partial charge in [0, 0.05) is 6.92 Å². The highest BCUT2D eigenvalue weighted by atomic mass is 16.4. The van der Waals surface area contributed by atoms with Crippen LogP contribution in [0.25, 0.3) is 0 Å². The summed E-state index contributed by atoms with van der Waals surface area (Å²) in [6.07, 6.45) is 9.92. The Bertz CT molecular complexity index is 234. The van der Waals surface area contributed by atoms with Crippen molar-refractivity contribution in [2.45, 2.75) is 52.1 Å². The zero-order valence-corrected chi connectivity index (χ0v) is 10.2. The molecule has 92 valence electrons. The van der Waals surface area contributed by atoms with Crippen molar-refractivity contribution < 1.29 is 15.0 Å². The Hall–Kier alpha value is -1.27. The summed E-state index contributed by atoms with van der Waals surface area (Å²) in [5, 5.41) is 16.6. The van der Waals surface area contributed by atoms with Gasteiger partial charge in [-0.25, -0.2) is 0 Å². The number of aliphatic hydroxyl groups excluding tert-OH is 1. The Morgan fingerprint density at radius 1 is 1.44 bits per heavy atom. The maximum atomic E-state index is 9.15. The van der Waals surface area contributed by atoms with Gasteiger partial charge in [0.25, 0.3) is 5.97 Å². The number of rotatable bonds is 6. The SMILES string of the molecule is C#CC(O)C(=C)CCCCCC.CC(=O)O. The van der Waals surface area contributed by atoms with E-state index in [1.165, 1.54) is 19.3 Å². The van der Waals surface area contributed by atoms with Crippen molar-refractivity contribution >= 4 is 5.97 Å². The second-order valence-electron chi connectivity index (χ2n) is 3.56. The molecule has 3 heteroatoms. The van der Waals surface area contributed by atoms with Gasteiger partial charge in [-0.1, -0.05) is 38.7 Å². The van der Waals surface area contributed by atoms with Crippen molar-refractivity contribution in [2.24, 2.45) is 0 Å². The molecule has 0 fully saturated rings. The molecule has 0 aliphatic heterocycles. The van der Waals surface area contributed by atoms with Crippen molar-refractivity contribution in [2.75, 3.05) is 0 Å². The minimum absolute atomic E-state index is 0.744. The molecule has 2 N–H and O–H groups in total. The van der Waals surface area contributed by atoms with Crippen molar-refractivity contribution in [3.63, 3.8) is 0 Å². The summed E-state index contributed by atoms with van der Waals surface area (Å²) in [5.74, 6) is 1.43. The molecule has 0 aromatic rings. The first-order valence-electron chi connectivity index (χ1n) is 5.47. The average molecular weight is 226 g/mol. The fourth-order valence-electron chi connectivity index (χ4n) is 1.03. The van der Waals surface area contributed by atoms with Gasteiger partial charge in [-0.2, -0.15) is 0 Å². The lowest BCUT2D eigenvalue weighted by atomic mass is 10.0. The summed E-state index contributed by atoms with van der Waals surface area (Å²) >= 11 is 0. The highest BCUT2D eigenvalue weighted by molar-refractivity contribution is 5.62. The first-order chi connectivity index (χ1) is 7.45. The summed E-state index contributed by atoms with van der Waals surface area (Å²) in [4.78, 5) is 9.00. The van der Waals surface area contributed by atoms with Crippen LogP contribution in [-0.4, -0.2) is 22.3 Å². The van der Waals surface area contributed by atoms with Crippen molar-refractivity contribution in [3.05, 3.63) is 12.2 Å². The molecule has 0 amide bonds. The van der Waals surface area contributed by atoms with E-state index in [-0.39, 0.29) is 0 Å². The van der Waals surface area contributed by atoms with E-state index in [2.05, 4.69) is 19.4 Å². The van der Waals surface area contributed by atoms with Crippen LogP contribution < -0.4 is 0 Å². The molecule has 1 unspecified atom stereocenters. The summed E-state index contributed by atoms with van der Waals surface area (Å²) < 4.78 is 0. The van der Waals surface area contributed by atoms with Gasteiger partial charge in [0.05, 0.1) is 0 Å². The summed E-state index contributed by atoms with van der Waals surface area (Å²) in [7, 11) is 0. The van der Waals surface area contributed by atoms with Gasteiger partial charge >= 0.3 is 0 Å². The van der Waals surface area contributed by atoms with E-state index in [1.54, 1.807) is 0 Å². The van der Waals surface area contributed by atoms with Crippen LogP contribution in [0, 0.1) is 12.3 Å². The fourth-order valence-corrected chi connectivity index (χ4v) is 1.03. The lowest BCUT2D eigenvalue weighted by Gasteiger charge is -2.06. The normalized spacial score (nSPS) is 10.6. The molecule has 0 bridgehead atoms. The first-order valence-corrected chi connectivity index (χ1v) is 5.47. The first kappa shape index (κ1) is 17.1. The van der Waals surface area contributed by atoms with Crippen molar-refractivity contribution in [3.8, 4) is 12.3 Å². The number of carbonyl (C=O) groups is 1. The number of carboxylic acid groups (broad SMARTS) is 1. The molecule has 0 aromatic carbocycles. The van der Waals surface area contributed by atoms with Gasteiger partial charge in [-0.05, 0) is 18.4 Å². The molecule has 0 aliphatic carbocycles. The zero-order valence-electron chi connectivity index (χ0n) is 10.2. The van der Waals surface area contributed by atoms with Crippen LogP contribution in [0.2, 0.25) is 0 Å². The maximum Gasteiger partial charge on any atom is 0.300 e. The van der Waals surface area contributed by atoms with Crippen molar-refractivity contribution in [1.82, 2.24) is 0 Å². The van der Waals surface area contributed by atoms with Gasteiger partial charge in [-0.15, -0.1) is 6.42 Å². The van der Waals surface area contributed by atoms with E-state index in [0.717, 1.165) is 25.3 Å². The number of unbranched alkanes of at least 4 members (excludes halogenated alkanes) is 3. The number of terminal acetylenes is 1. The van der Waals surface area contributed by atoms with Gasteiger partial charge in [0.15, 0.2) is 0 Å². The van der Waals surface area contributed by atoms with Crippen LogP contribution in [0.3, 0.4) is 0 Å². The van der Waals surface area contributed by atoms with Crippen LogP contribution in [0.5, 0.6) is 0 Å². The van der Waals surface area contributed by atoms with Crippen LogP contribution in [0.4, 0.5) is 0 Å². The third-order valence-electron chi connectivity index (χ3n) is 1.90. The maximum absolute atomic E-state index is 9.15. The Morgan fingerprint density at radius 2 is 1.94 bits per heavy atom. The van der Waals surface area contributed by atoms with E-state index in [1.807, 2.05) is 0 Å². The molecule has 0 rings (SSSR count). The largest absolute Gasteiger partial charge is 0.481 e. The summed E-state index contributed by atoms with van der Waals surface area (Å²) in [6, 6.07) is 0.